The first-order valence-corrected chi connectivity index (χ1v) is 16.2. The molecule has 2 aliphatic rings. The number of thioether (sulfide) groups is 1. The molecule has 40 heavy (non-hydrogen) atoms. The molecule has 0 saturated carbocycles. The van der Waals surface area contributed by atoms with E-state index in [1.165, 1.54) is 25.1 Å². The van der Waals surface area contributed by atoms with Crippen LogP contribution >= 0.6 is 34.4 Å². The maximum absolute atomic E-state index is 10.8. The third kappa shape index (κ3) is 8.42. The van der Waals surface area contributed by atoms with Gasteiger partial charge in [-0.25, -0.2) is 4.79 Å². The van der Waals surface area contributed by atoms with Crippen LogP contribution in [0, 0.1) is 6.92 Å². The van der Waals surface area contributed by atoms with Gasteiger partial charge in [-0.2, -0.15) is 0 Å². The number of ether oxygens (including phenoxy) is 3. The van der Waals surface area contributed by atoms with Gasteiger partial charge in [-0.3, -0.25) is 9.80 Å². The van der Waals surface area contributed by atoms with Gasteiger partial charge >= 0.3 is 5.97 Å². The topological polar surface area (TPSA) is 71.5 Å². The van der Waals surface area contributed by atoms with E-state index >= 15 is 0 Å². The van der Waals surface area contributed by atoms with Crippen LogP contribution in [0.4, 0.5) is 0 Å². The molecule has 0 unspecified atom stereocenters. The summed E-state index contributed by atoms with van der Waals surface area (Å²) in [7, 11) is 0. The Morgan fingerprint density at radius 2 is 1.50 bits per heavy atom. The van der Waals surface area contributed by atoms with Gasteiger partial charge in [0.25, 0.3) is 0 Å². The van der Waals surface area contributed by atoms with Crippen molar-refractivity contribution in [1.29, 1.82) is 0 Å². The summed E-state index contributed by atoms with van der Waals surface area (Å²) in [6.45, 7) is 10.8. The maximum atomic E-state index is 10.8. The Hall–Kier alpha value is -2.18. The number of nitrogens with zero attached hydrogens (tertiary/aromatic N) is 2. The minimum absolute atomic E-state index is 0.331. The van der Waals surface area contributed by atoms with Crippen molar-refractivity contribution >= 4 is 46.0 Å². The molecule has 2 aliphatic heterocycles. The second-order valence-corrected chi connectivity index (χ2v) is 13.3. The van der Waals surface area contributed by atoms with Gasteiger partial charge < -0.3 is 19.3 Å². The highest BCUT2D eigenvalue weighted by atomic mass is 32.2. The van der Waals surface area contributed by atoms with Crippen molar-refractivity contribution in [1.82, 2.24) is 9.80 Å². The fourth-order valence-corrected chi connectivity index (χ4v) is 7.87. The Morgan fingerprint density at radius 3 is 2.02 bits per heavy atom. The molecule has 2 saturated heterocycles. The number of benzene rings is 1. The summed E-state index contributed by atoms with van der Waals surface area (Å²) < 4.78 is 16.4. The highest BCUT2D eigenvalue weighted by Crippen LogP contribution is 2.36. The maximum Gasteiger partial charge on any atom is 0.341 e. The number of thiophene rings is 2. The number of morpholine rings is 2. The standard InChI is InChI=1S/C30H36N2O5S3/c1-22-18-23(2-5-27(22)37-21-30(33)34)38-17-8-26(28-6-3-24(39-28)19-31-9-13-35-14-10-31)29-7-4-25(40-29)20-32-11-15-36-16-12-32/h2-8,18H,9-17,19-21H2,1H3,(H,33,34). The zero-order valence-electron chi connectivity index (χ0n) is 22.8. The predicted molar refractivity (Wildman–Crippen MR) is 163 cm³/mol. The van der Waals surface area contributed by atoms with E-state index in [9.17, 15) is 4.79 Å². The highest BCUT2D eigenvalue weighted by Gasteiger charge is 2.17. The van der Waals surface area contributed by atoms with E-state index in [1.54, 1.807) is 11.8 Å². The molecule has 1 aromatic carbocycles. The van der Waals surface area contributed by atoms with E-state index in [0.717, 1.165) is 81.9 Å². The lowest BCUT2D eigenvalue weighted by Crippen LogP contribution is -2.35. The van der Waals surface area contributed by atoms with Crippen LogP contribution in [-0.2, 0) is 27.4 Å². The molecule has 1 N–H and O–H groups in total. The lowest BCUT2D eigenvalue weighted by atomic mass is 10.1. The first kappa shape index (κ1) is 29.3. The van der Waals surface area contributed by atoms with Crippen molar-refractivity contribution < 1.29 is 24.1 Å². The molecule has 7 nitrogen and oxygen atoms in total. The Balaban J connectivity index is 1.30. The molecule has 10 heteroatoms. The number of aryl methyl sites for hydroxylation is 1. The zero-order chi connectivity index (χ0) is 27.7. The monoisotopic (exact) mass is 600 g/mol. The molecule has 4 heterocycles. The quantitative estimate of drug-likeness (QED) is 0.275. The molecule has 5 rings (SSSR count). The smallest absolute Gasteiger partial charge is 0.341 e. The Bertz CT molecular complexity index is 1230. The molecule has 0 amide bonds. The molecule has 0 spiro atoms. The first-order chi connectivity index (χ1) is 19.5. The fraction of sp³-hybridized carbons (Fsp3) is 0.433. The normalized spacial score (nSPS) is 16.6. The number of hydrogen-bond acceptors (Lipinski definition) is 9. The lowest BCUT2D eigenvalue weighted by Gasteiger charge is -2.25. The van der Waals surface area contributed by atoms with Crippen LogP contribution in [0.25, 0.3) is 5.57 Å². The largest absolute Gasteiger partial charge is 0.482 e. The van der Waals surface area contributed by atoms with E-state index in [-0.39, 0.29) is 6.61 Å². The number of hydrogen-bond donors (Lipinski definition) is 1. The van der Waals surface area contributed by atoms with Gasteiger partial charge in [0.05, 0.1) is 26.4 Å². The minimum atomic E-state index is -0.973. The number of carbonyl (C=O) groups is 1. The number of carboxylic acid groups (broad SMARTS) is 1. The first-order valence-electron chi connectivity index (χ1n) is 13.6. The third-order valence-electron chi connectivity index (χ3n) is 6.86. The molecule has 0 aliphatic carbocycles. The van der Waals surface area contributed by atoms with Gasteiger partial charge in [0.15, 0.2) is 6.61 Å². The van der Waals surface area contributed by atoms with Crippen LogP contribution in [0.1, 0.15) is 25.1 Å². The van der Waals surface area contributed by atoms with E-state index in [1.807, 2.05) is 41.7 Å². The number of aliphatic carboxylic acids is 1. The molecular formula is C30H36N2O5S3. The SMILES string of the molecule is Cc1cc(SCC=C(c2ccc(CN3CCOCC3)s2)c2ccc(CN3CCOCC3)s2)ccc1OCC(=O)O. The van der Waals surface area contributed by atoms with Crippen molar-refractivity contribution in [2.45, 2.75) is 24.9 Å². The number of rotatable bonds is 12. The van der Waals surface area contributed by atoms with Crippen LogP contribution in [0.2, 0.25) is 0 Å². The van der Waals surface area contributed by atoms with Gasteiger partial charge in [0, 0.05) is 75.0 Å². The van der Waals surface area contributed by atoms with E-state index in [2.05, 4.69) is 46.2 Å². The molecule has 2 fully saturated rings. The van der Waals surface area contributed by atoms with Crippen molar-refractivity contribution in [3.63, 3.8) is 0 Å². The molecule has 0 bridgehead atoms. The fourth-order valence-electron chi connectivity index (χ4n) is 4.73. The second-order valence-electron chi connectivity index (χ2n) is 9.85. The van der Waals surface area contributed by atoms with Gasteiger partial charge in [-0.05, 0) is 55.0 Å². The molecule has 0 radical (unpaired) electrons. The zero-order valence-corrected chi connectivity index (χ0v) is 25.3. The van der Waals surface area contributed by atoms with E-state index in [4.69, 9.17) is 19.3 Å². The molecule has 0 atom stereocenters. The van der Waals surface area contributed by atoms with Crippen LogP contribution in [0.3, 0.4) is 0 Å². The van der Waals surface area contributed by atoms with Gasteiger partial charge in [0.1, 0.15) is 5.75 Å². The highest BCUT2D eigenvalue weighted by molar-refractivity contribution is 7.99. The van der Waals surface area contributed by atoms with Crippen LogP contribution in [-0.4, -0.2) is 85.8 Å². The third-order valence-corrected chi connectivity index (χ3v) is 9.98. The van der Waals surface area contributed by atoms with Crippen LogP contribution in [0.5, 0.6) is 5.75 Å². The minimum Gasteiger partial charge on any atom is -0.482 e. The molecular weight excluding hydrogens is 565 g/mol. The number of carboxylic acids is 1. The Morgan fingerprint density at radius 1 is 0.925 bits per heavy atom. The summed E-state index contributed by atoms with van der Waals surface area (Å²) in [6, 6.07) is 15.0. The molecule has 2 aromatic heterocycles. The summed E-state index contributed by atoms with van der Waals surface area (Å²) in [5.41, 5.74) is 2.23. The predicted octanol–water partition coefficient (Wildman–Crippen LogP) is 5.47. The van der Waals surface area contributed by atoms with Crippen molar-refractivity contribution in [2.75, 3.05) is 65.0 Å². The summed E-state index contributed by atoms with van der Waals surface area (Å²) in [4.78, 5) is 22.3. The van der Waals surface area contributed by atoms with Crippen molar-refractivity contribution in [2.24, 2.45) is 0 Å². The van der Waals surface area contributed by atoms with Crippen molar-refractivity contribution in [3.8, 4) is 5.75 Å². The van der Waals surface area contributed by atoms with Crippen LogP contribution < -0.4 is 4.74 Å². The Kier molecular flexibility index (Phi) is 10.7. The average molecular weight is 601 g/mol. The summed E-state index contributed by atoms with van der Waals surface area (Å²) >= 11 is 5.55. The summed E-state index contributed by atoms with van der Waals surface area (Å²) in [6.07, 6.45) is 2.35. The van der Waals surface area contributed by atoms with Crippen LogP contribution in [0.15, 0.2) is 53.4 Å². The van der Waals surface area contributed by atoms with Gasteiger partial charge in [-0.1, -0.05) is 6.08 Å². The summed E-state index contributed by atoms with van der Waals surface area (Å²) in [5, 5.41) is 8.89. The van der Waals surface area contributed by atoms with Gasteiger partial charge in [0.2, 0.25) is 0 Å². The lowest BCUT2D eigenvalue weighted by molar-refractivity contribution is -0.139. The Labute approximate surface area is 248 Å². The second kappa shape index (κ2) is 14.6. The molecule has 214 valence electrons. The van der Waals surface area contributed by atoms with E-state index in [0.29, 0.717) is 5.75 Å². The van der Waals surface area contributed by atoms with Gasteiger partial charge in [-0.15, -0.1) is 34.4 Å². The average Bonchev–Trinajstić information content (AvgIpc) is 3.61. The van der Waals surface area contributed by atoms with E-state index < -0.39 is 5.97 Å². The van der Waals surface area contributed by atoms with Crippen molar-refractivity contribution in [3.05, 3.63) is 73.6 Å². The molecule has 3 aromatic rings. The summed E-state index contributed by atoms with van der Waals surface area (Å²) in [5.74, 6) is 0.469.